The van der Waals surface area contributed by atoms with Crippen LogP contribution in [0.5, 0.6) is 0 Å². The fourth-order valence-electron chi connectivity index (χ4n) is 3.59. The zero-order chi connectivity index (χ0) is 14.9. The molecule has 110 valence electrons. The molecule has 3 aromatic carbocycles. The van der Waals surface area contributed by atoms with Gasteiger partial charge >= 0.3 is 0 Å². The molecule has 3 aromatic rings. The second kappa shape index (κ2) is 5.58. The summed E-state index contributed by atoms with van der Waals surface area (Å²) in [5, 5.41) is 2.73. The molecule has 1 nitrogen and oxygen atoms in total. The Morgan fingerprint density at radius 3 is 2.55 bits per heavy atom. The van der Waals surface area contributed by atoms with Crippen LogP contribution in [0.1, 0.15) is 29.7 Å². The lowest BCUT2D eigenvalue weighted by molar-refractivity contribution is 0.000683. The molecule has 0 bridgehead atoms. The summed E-state index contributed by atoms with van der Waals surface area (Å²) in [5.74, 6) is 0. The monoisotopic (exact) mass is 288 g/mol. The van der Waals surface area contributed by atoms with Gasteiger partial charge < -0.3 is 4.74 Å². The number of rotatable bonds is 4. The van der Waals surface area contributed by atoms with Gasteiger partial charge in [0.05, 0.1) is 12.2 Å². The summed E-state index contributed by atoms with van der Waals surface area (Å²) in [5.41, 5.74) is 4.11. The lowest BCUT2D eigenvalue weighted by atomic mass is 10.1. The number of ether oxygens (including phenoxy) is 1. The molecule has 0 aliphatic heterocycles. The molecule has 0 spiro atoms. The van der Waals surface area contributed by atoms with Crippen molar-refractivity contribution in [2.24, 2.45) is 0 Å². The van der Waals surface area contributed by atoms with Crippen molar-refractivity contribution in [1.29, 1.82) is 0 Å². The van der Waals surface area contributed by atoms with Crippen molar-refractivity contribution in [2.75, 3.05) is 0 Å². The maximum atomic E-state index is 6.39. The van der Waals surface area contributed by atoms with E-state index in [0.29, 0.717) is 0 Å². The minimum Gasteiger partial charge on any atom is -0.370 e. The van der Waals surface area contributed by atoms with Crippen molar-refractivity contribution < 1.29 is 4.74 Å². The molecule has 2 atom stereocenters. The second-order valence-corrected chi connectivity index (χ2v) is 6.19. The smallest absolute Gasteiger partial charge is 0.0875 e. The van der Waals surface area contributed by atoms with E-state index in [9.17, 15) is 0 Å². The van der Waals surface area contributed by atoms with Gasteiger partial charge in [0.1, 0.15) is 0 Å². The van der Waals surface area contributed by atoms with E-state index in [2.05, 4.69) is 73.7 Å². The van der Waals surface area contributed by atoms with Crippen LogP contribution in [0, 0.1) is 0 Å². The average Bonchev–Trinajstić information content (AvgIpc) is 2.88. The van der Waals surface area contributed by atoms with Gasteiger partial charge in [0.25, 0.3) is 0 Å². The van der Waals surface area contributed by atoms with Crippen LogP contribution in [-0.4, -0.2) is 6.10 Å². The number of hydrogen-bond acceptors (Lipinski definition) is 1. The van der Waals surface area contributed by atoms with E-state index in [1.807, 2.05) is 0 Å². The summed E-state index contributed by atoms with van der Waals surface area (Å²) in [4.78, 5) is 0. The highest BCUT2D eigenvalue weighted by atomic mass is 16.5. The molecule has 0 saturated heterocycles. The van der Waals surface area contributed by atoms with E-state index in [0.717, 1.165) is 12.8 Å². The van der Waals surface area contributed by atoms with Crippen LogP contribution in [0.15, 0.2) is 66.7 Å². The minimum atomic E-state index is 0.194. The molecule has 1 aliphatic carbocycles. The fourth-order valence-corrected chi connectivity index (χ4v) is 3.59. The Balaban J connectivity index is 1.55. The maximum Gasteiger partial charge on any atom is 0.0875 e. The SMILES string of the molecule is CC(Cc1ccccc1)OC1Cc2cccc3cccc1c23. The van der Waals surface area contributed by atoms with Crippen molar-refractivity contribution in [3.63, 3.8) is 0 Å². The van der Waals surface area contributed by atoms with Crippen LogP contribution >= 0.6 is 0 Å². The highest BCUT2D eigenvalue weighted by Gasteiger charge is 2.26. The van der Waals surface area contributed by atoms with E-state index in [4.69, 9.17) is 4.74 Å². The highest BCUT2D eigenvalue weighted by molar-refractivity contribution is 5.91. The normalized spacial score (nSPS) is 17.8. The highest BCUT2D eigenvalue weighted by Crippen LogP contribution is 2.39. The number of hydrogen-bond donors (Lipinski definition) is 0. The Bertz CT molecular complexity index is 786. The zero-order valence-electron chi connectivity index (χ0n) is 12.8. The van der Waals surface area contributed by atoms with Gasteiger partial charge in [-0.2, -0.15) is 0 Å². The summed E-state index contributed by atoms with van der Waals surface area (Å²) in [6, 6.07) is 23.7. The van der Waals surface area contributed by atoms with E-state index < -0.39 is 0 Å². The zero-order valence-corrected chi connectivity index (χ0v) is 12.8. The van der Waals surface area contributed by atoms with Crippen LogP contribution in [0.3, 0.4) is 0 Å². The quantitative estimate of drug-likeness (QED) is 0.650. The van der Waals surface area contributed by atoms with Gasteiger partial charge in [-0.15, -0.1) is 0 Å². The van der Waals surface area contributed by atoms with Crippen LogP contribution in [-0.2, 0) is 17.6 Å². The lowest BCUT2D eigenvalue weighted by Crippen LogP contribution is -2.15. The third-order valence-electron chi connectivity index (χ3n) is 4.54. The van der Waals surface area contributed by atoms with Crippen LogP contribution in [0.4, 0.5) is 0 Å². The van der Waals surface area contributed by atoms with E-state index in [-0.39, 0.29) is 12.2 Å². The molecule has 0 N–H and O–H groups in total. The third-order valence-corrected chi connectivity index (χ3v) is 4.54. The first-order valence-electron chi connectivity index (χ1n) is 8.01. The molecule has 1 heteroatoms. The van der Waals surface area contributed by atoms with Gasteiger partial charge in [-0.3, -0.25) is 0 Å². The minimum absolute atomic E-state index is 0.194. The van der Waals surface area contributed by atoms with Crippen LogP contribution < -0.4 is 0 Å². The van der Waals surface area contributed by atoms with Gasteiger partial charge in [-0.25, -0.2) is 0 Å². The van der Waals surface area contributed by atoms with E-state index in [1.54, 1.807) is 0 Å². The molecule has 1 aliphatic rings. The average molecular weight is 288 g/mol. The van der Waals surface area contributed by atoms with Gasteiger partial charge in [0.15, 0.2) is 0 Å². The topological polar surface area (TPSA) is 9.23 Å². The van der Waals surface area contributed by atoms with Crippen molar-refractivity contribution in [1.82, 2.24) is 0 Å². The van der Waals surface area contributed by atoms with Crippen molar-refractivity contribution in [3.05, 3.63) is 83.4 Å². The molecule has 22 heavy (non-hydrogen) atoms. The summed E-state index contributed by atoms with van der Waals surface area (Å²) >= 11 is 0. The molecule has 0 amide bonds. The molecule has 4 rings (SSSR count). The molecule has 0 saturated carbocycles. The van der Waals surface area contributed by atoms with Gasteiger partial charge in [0.2, 0.25) is 0 Å². The van der Waals surface area contributed by atoms with Crippen LogP contribution in [0.25, 0.3) is 10.8 Å². The fraction of sp³-hybridized carbons (Fsp3) is 0.238. The van der Waals surface area contributed by atoms with Crippen molar-refractivity contribution in [2.45, 2.75) is 32.0 Å². The first-order valence-corrected chi connectivity index (χ1v) is 8.01. The van der Waals surface area contributed by atoms with E-state index in [1.165, 1.54) is 27.5 Å². The Labute approximate surface area is 131 Å². The van der Waals surface area contributed by atoms with E-state index >= 15 is 0 Å². The van der Waals surface area contributed by atoms with Gasteiger partial charge in [-0.1, -0.05) is 66.7 Å². The maximum absolute atomic E-state index is 6.39. The Hall–Kier alpha value is -2.12. The molecular formula is C21H20O. The second-order valence-electron chi connectivity index (χ2n) is 6.19. The molecular weight excluding hydrogens is 268 g/mol. The largest absolute Gasteiger partial charge is 0.370 e. The summed E-state index contributed by atoms with van der Waals surface area (Å²) < 4.78 is 6.39. The molecule has 0 aromatic heterocycles. The predicted octanol–water partition coefficient (Wildman–Crippen LogP) is 5.08. The van der Waals surface area contributed by atoms with Crippen molar-refractivity contribution >= 4 is 10.8 Å². The molecule has 0 fully saturated rings. The Morgan fingerprint density at radius 2 is 1.73 bits per heavy atom. The first kappa shape index (κ1) is 13.5. The van der Waals surface area contributed by atoms with Gasteiger partial charge in [-0.05, 0) is 40.8 Å². The van der Waals surface area contributed by atoms with Crippen molar-refractivity contribution in [3.8, 4) is 0 Å². The Morgan fingerprint density at radius 1 is 0.955 bits per heavy atom. The predicted molar refractivity (Wildman–Crippen MR) is 91.1 cm³/mol. The molecule has 2 unspecified atom stereocenters. The summed E-state index contributed by atoms with van der Waals surface area (Å²) in [6.07, 6.45) is 2.37. The third kappa shape index (κ3) is 2.42. The summed E-state index contributed by atoms with van der Waals surface area (Å²) in [6.45, 7) is 2.18. The molecule has 0 heterocycles. The van der Waals surface area contributed by atoms with Gasteiger partial charge in [0, 0.05) is 6.42 Å². The standard InChI is InChI=1S/C21H20O/c1-15(13-16-7-3-2-4-8-16)22-20-14-18-11-5-9-17-10-6-12-19(20)21(17)18/h2-12,15,20H,13-14H2,1H3. The first-order chi connectivity index (χ1) is 10.8. The summed E-state index contributed by atoms with van der Waals surface area (Å²) in [7, 11) is 0. The molecule has 0 radical (unpaired) electrons. The van der Waals surface area contributed by atoms with Crippen LogP contribution in [0.2, 0.25) is 0 Å². The Kier molecular flexibility index (Phi) is 3.44. The number of benzene rings is 3. The lowest BCUT2D eigenvalue weighted by Gasteiger charge is -2.20.